The number of hydrogen-bond donors (Lipinski definition) is 3. The minimum atomic E-state index is -0.842. The van der Waals surface area contributed by atoms with Gasteiger partial charge in [0, 0.05) is 10.6 Å². The number of carboxylic acids is 1. The second kappa shape index (κ2) is 9.52. The van der Waals surface area contributed by atoms with E-state index < -0.39 is 5.97 Å². The Morgan fingerprint density at radius 2 is 1.69 bits per heavy atom. The van der Waals surface area contributed by atoms with Crippen LogP contribution in [0, 0.1) is 0 Å². The fourth-order valence-electron chi connectivity index (χ4n) is 3.26. The highest BCUT2D eigenvalue weighted by Gasteiger charge is 2.10. The lowest BCUT2D eigenvalue weighted by Gasteiger charge is -2.10. The van der Waals surface area contributed by atoms with Gasteiger partial charge in [0.05, 0.1) is 13.0 Å². The van der Waals surface area contributed by atoms with Gasteiger partial charge in [0.1, 0.15) is 5.75 Å². The molecule has 6 heteroatoms. The Balaban J connectivity index is 1.46. The van der Waals surface area contributed by atoms with Gasteiger partial charge in [-0.25, -0.2) is 0 Å². The monoisotopic (exact) mass is 414 g/mol. The number of halogens is 1. The highest BCUT2D eigenvalue weighted by atomic mass is 35.5. The van der Waals surface area contributed by atoms with E-state index in [1.807, 2.05) is 36.4 Å². The molecular weight excluding hydrogens is 392 g/mol. The van der Waals surface area contributed by atoms with Crippen molar-refractivity contribution in [2.45, 2.75) is 32.1 Å². The number of phenols is 2. The van der Waals surface area contributed by atoms with Gasteiger partial charge < -0.3 is 20.1 Å². The summed E-state index contributed by atoms with van der Waals surface area (Å²) in [6.45, 7) is 0.572. The summed E-state index contributed by atoms with van der Waals surface area (Å²) in [5.74, 6) is -0.362. The molecule has 0 atom stereocenters. The van der Waals surface area contributed by atoms with Crippen LogP contribution < -0.4 is 4.74 Å². The largest absolute Gasteiger partial charge is 0.504 e. The third-order valence-corrected chi connectivity index (χ3v) is 5.13. The molecule has 0 bridgehead atoms. The highest BCUT2D eigenvalue weighted by Crippen LogP contribution is 2.35. The predicted octanol–water partition coefficient (Wildman–Crippen LogP) is 5.32. The Labute approximate surface area is 174 Å². The molecular formula is C23H23ClO5. The van der Waals surface area contributed by atoms with Crippen LogP contribution in [0.3, 0.4) is 0 Å². The molecule has 0 aliphatic carbocycles. The standard InChI is InChI=1S/C23H23ClO5/c24-20-9-10-21(25)23(28)19(20)4-2-1-3-11-29-18-8-7-16-12-15(13-22(26)27)5-6-17(16)14-18/h5-10,12,14,25,28H,1-4,11,13H2,(H,26,27). The number of carbonyl (C=O) groups is 1. The van der Waals surface area contributed by atoms with E-state index in [0.717, 1.165) is 41.3 Å². The van der Waals surface area contributed by atoms with Crippen molar-refractivity contribution >= 4 is 28.3 Å². The zero-order valence-electron chi connectivity index (χ0n) is 15.9. The number of hydrogen-bond acceptors (Lipinski definition) is 4. The van der Waals surface area contributed by atoms with E-state index in [1.54, 1.807) is 6.07 Å². The van der Waals surface area contributed by atoms with E-state index in [4.69, 9.17) is 21.4 Å². The zero-order valence-corrected chi connectivity index (χ0v) is 16.7. The van der Waals surface area contributed by atoms with Crippen molar-refractivity contribution in [2.75, 3.05) is 6.61 Å². The molecule has 0 fully saturated rings. The van der Waals surface area contributed by atoms with E-state index in [9.17, 15) is 15.0 Å². The maximum atomic E-state index is 10.8. The summed E-state index contributed by atoms with van der Waals surface area (Å²) in [6.07, 6.45) is 3.18. The Kier molecular flexibility index (Phi) is 6.83. The summed E-state index contributed by atoms with van der Waals surface area (Å²) in [7, 11) is 0. The fraction of sp³-hybridized carbons (Fsp3) is 0.261. The van der Waals surface area contributed by atoms with E-state index >= 15 is 0 Å². The summed E-state index contributed by atoms with van der Waals surface area (Å²) in [5.41, 5.74) is 1.35. The first-order valence-corrected chi connectivity index (χ1v) is 9.88. The second-order valence-electron chi connectivity index (χ2n) is 6.97. The summed E-state index contributed by atoms with van der Waals surface area (Å²) in [6, 6.07) is 14.3. The smallest absolute Gasteiger partial charge is 0.307 e. The van der Waals surface area contributed by atoms with Crippen LogP contribution >= 0.6 is 11.6 Å². The number of phenolic OH excluding ortho intramolecular Hbond substituents is 2. The Morgan fingerprint density at radius 3 is 2.48 bits per heavy atom. The lowest BCUT2D eigenvalue weighted by molar-refractivity contribution is -0.136. The fourth-order valence-corrected chi connectivity index (χ4v) is 3.50. The van der Waals surface area contributed by atoms with Gasteiger partial charge in [0.2, 0.25) is 0 Å². The van der Waals surface area contributed by atoms with Crippen LogP contribution in [0.4, 0.5) is 0 Å². The average Bonchev–Trinajstić information content (AvgIpc) is 2.69. The van der Waals surface area contributed by atoms with Gasteiger partial charge in [0.25, 0.3) is 0 Å². The molecule has 0 saturated heterocycles. The van der Waals surface area contributed by atoms with Gasteiger partial charge in [-0.3, -0.25) is 4.79 Å². The molecule has 3 rings (SSSR count). The van der Waals surface area contributed by atoms with Gasteiger partial charge in [0.15, 0.2) is 11.5 Å². The van der Waals surface area contributed by atoms with Crippen LogP contribution in [0.25, 0.3) is 10.8 Å². The molecule has 0 saturated carbocycles. The topological polar surface area (TPSA) is 87.0 Å². The number of aromatic hydroxyl groups is 2. The molecule has 3 N–H and O–H groups in total. The van der Waals surface area contributed by atoms with Crippen molar-refractivity contribution in [3.05, 3.63) is 64.7 Å². The van der Waals surface area contributed by atoms with E-state index in [-0.39, 0.29) is 17.9 Å². The second-order valence-corrected chi connectivity index (χ2v) is 7.37. The number of rotatable bonds is 9. The maximum Gasteiger partial charge on any atom is 0.307 e. The first kappa shape index (κ1) is 20.8. The van der Waals surface area contributed by atoms with Gasteiger partial charge in [-0.05, 0) is 66.3 Å². The third-order valence-electron chi connectivity index (χ3n) is 4.78. The van der Waals surface area contributed by atoms with E-state index in [2.05, 4.69) is 0 Å². The van der Waals surface area contributed by atoms with Crippen molar-refractivity contribution in [3.8, 4) is 17.2 Å². The SMILES string of the molecule is O=C(O)Cc1ccc2cc(OCCCCCc3c(Cl)ccc(O)c3O)ccc2c1. The minimum absolute atomic E-state index is 0.0137. The quantitative estimate of drug-likeness (QED) is 0.325. The van der Waals surface area contributed by atoms with Crippen LogP contribution in [0.5, 0.6) is 17.2 Å². The van der Waals surface area contributed by atoms with E-state index in [0.29, 0.717) is 23.6 Å². The number of unbranched alkanes of at least 4 members (excludes halogenated alkanes) is 2. The maximum absolute atomic E-state index is 10.8. The van der Waals surface area contributed by atoms with Crippen LogP contribution in [0.2, 0.25) is 5.02 Å². The number of ether oxygens (including phenoxy) is 1. The molecule has 0 heterocycles. The molecule has 0 aliphatic rings. The van der Waals surface area contributed by atoms with Crippen molar-refractivity contribution in [1.82, 2.24) is 0 Å². The Hall–Kier alpha value is -2.92. The first-order valence-electron chi connectivity index (χ1n) is 9.50. The summed E-state index contributed by atoms with van der Waals surface area (Å²) >= 11 is 6.08. The Bertz CT molecular complexity index is 1020. The molecule has 0 spiro atoms. The molecule has 5 nitrogen and oxygen atoms in total. The van der Waals surface area contributed by atoms with Gasteiger partial charge in [-0.15, -0.1) is 0 Å². The van der Waals surface area contributed by atoms with Crippen molar-refractivity contribution in [3.63, 3.8) is 0 Å². The summed E-state index contributed by atoms with van der Waals surface area (Å²) in [4.78, 5) is 10.8. The lowest BCUT2D eigenvalue weighted by atomic mass is 10.0. The molecule has 0 aromatic heterocycles. The molecule has 152 valence electrons. The molecule has 29 heavy (non-hydrogen) atoms. The van der Waals surface area contributed by atoms with Crippen molar-refractivity contribution < 1.29 is 24.9 Å². The van der Waals surface area contributed by atoms with E-state index in [1.165, 1.54) is 6.07 Å². The predicted molar refractivity (Wildman–Crippen MR) is 113 cm³/mol. The molecule has 3 aromatic carbocycles. The number of carboxylic acid groups (broad SMARTS) is 1. The normalized spacial score (nSPS) is 10.9. The van der Waals surface area contributed by atoms with Crippen LogP contribution in [-0.4, -0.2) is 27.9 Å². The third kappa shape index (κ3) is 5.55. The average molecular weight is 415 g/mol. The van der Waals surface area contributed by atoms with Gasteiger partial charge in [-0.1, -0.05) is 35.9 Å². The van der Waals surface area contributed by atoms with Crippen LogP contribution in [-0.2, 0) is 17.6 Å². The zero-order chi connectivity index (χ0) is 20.8. The van der Waals surface area contributed by atoms with Crippen LogP contribution in [0.1, 0.15) is 30.4 Å². The summed E-state index contributed by atoms with van der Waals surface area (Å²) in [5, 5.41) is 30.8. The van der Waals surface area contributed by atoms with Crippen LogP contribution in [0.15, 0.2) is 48.5 Å². The van der Waals surface area contributed by atoms with Gasteiger partial charge >= 0.3 is 5.97 Å². The molecule has 0 amide bonds. The van der Waals surface area contributed by atoms with Crippen molar-refractivity contribution in [2.24, 2.45) is 0 Å². The molecule has 3 aromatic rings. The Morgan fingerprint density at radius 1 is 0.931 bits per heavy atom. The number of fused-ring (bicyclic) bond motifs is 1. The van der Waals surface area contributed by atoms with Crippen molar-refractivity contribution in [1.29, 1.82) is 0 Å². The lowest BCUT2D eigenvalue weighted by Crippen LogP contribution is -2.00. The highest BCUT2D eigenvalue weighted by molar-refractivity contribution is 6.31. The number of benzene rings is 3. The van der Waals surface area contributed by atoms with Gasteiger partial charge in [-0.2, -0.15) is 0 Å². The summed E-state index contributed by atoms with van der Waals surface area (Å²) < 4.78 is 5.82. The minimum Gasteiger partial charge on any atom is -0.504 e. The number of aliphatic carboxylic acids is 1. The molecule has 0 unspecified atom stereocenters. The molecule has 0 aliphatic heterocycles. The molecule has 0 radical (unpaired) electrons. The first-order chi connectivity index (χ1) is 13.9.